The lowest BCUT2D eigenvalue weighted by Crippen LogP contribution is -2.41. The first kappa shape index (κ1) is 17.5. The highest BCUT2D eigenvalue weighted by molar-refractivity contribution is 5.91. The van der Waals surface area contributed by atoms with E-state index in [-0.39, 0.29) is 12.2 Å². The van der Waals surface area contributed by atoms with Crippen LogP contribution in [0.15, 0.2) is 54.6 Å². The van der Waals surface area contributed by atoms with Crippen molar-refractivity contribution in [2.75, 3.05) is 18.4 Å². The van der Waals surface area contributed by atoms with Gasteiger partial charge in [0.2, 0.25) is 0 Å². The summed E-state index contributed by atoms with van der Waals surface area (Å²) in [6.45, 7) is 6.37. The summed E-state index contributed by atoms with van der Waals surface area (Å²) in [7, 11) is 0. The molecule has 1 heterocycles. The summed E-state index contributed by atoms with van der Waals surface area (Å²) in [6, 6.07) is 18.4. The van der Waals surface area contributed by atoms with E-state index in [9.17, 15) is 4.79 Å². The van der Waals surface area contributed by atoms with Crippen molar-refractivity contribution in [1.82, 2.24) is 4.90 Å². The van der Waals surface area contributed by atoms with Crippen LogP contribution in [0, 0.1) is 0 Å². The predicted octanol–water partition coefficient (Wildman–Crippen LogP) is 4.77. The third kappa shape index (κ3) is 4.60. The number of ether oxygens (including phenoxy) is 1. The van der Waals surface area contributed by atoms with Crippen LogP contribution in [0.4, 0.5) is 10.5 Å². The summed E-state index contributed by atoms with van der Waals surface area (Å²) in [5, 5.41) is 2.92. The smallest absolute Gasteiger partial charge is 0.411 e. The number of rotatable bonds is 4. The molecule has 0 saturated carbocycles. The van der Waals surface area contributed by atoms with Crippen molar-refractivity contribution < 1.29 is 9.53 Å². The van der Waals surface area contributed by atoms with Crippen LogP contribution in [-0.2, 0) is 4.74 Å². The molecule has 0 unspecified atom stereocenters. The van der Waals surface area contributed by atoms with Crippen LogP contribution in [0.3, 0.4) is 0 Å². The Hall–Kier alpha value is -2.33. The lowest BCUT2D eigenvalue weighted by molar-refractivity contribution is 0.0497. The number of anilines is 1. The monoisotopic (exact) mass is 338 g/mol. The minimum absolute atomic E-state index is 0.00103. The summed E-state index contributed by atoms with van der Waals surface area (Å²) in [6.07, 6.45) is 1.42. The number of piperidine rings is 1. The fraction of sp³-hybridized carbons (Fsp3) is 0.381. The summed E-state index contributed by atoms with van der Waals surface area (Å²) < 4.78 is 5.64. The molecule has 1 amide bonds. The van der Waals surface area contributed by atoms with Gasteiger partial charge in [-0.3, -0.25) is 5.32 Å². The van der Waals surface area contributed by atoms with Crippen molar-refractivity contribution in [3.05, 3.63) is 54.6 Å². The third-order valence-electron chi connectivity index (χ3n) is 4.73. The van der Waals surface area contributed by atoms with Gasteiger partial charge in [0.15, 0.2) is 0 Å². The summed E-state index contributed by atoms with van der Waals surface area (Å²) in [5.41, 5.74) is 2.84. The average molecular weight is 338 g/mol. The number of benzene rings is 2. The molecule has 0 spiro atoms. The first-order valence-corrected chi connectivity index (χ1v) is 8.99. The van der Waals surface area contributed by atoms with Gasteiger partial charge in [0.25, 0.3) is 0 Å². The molecule has 0 atom stereocenters. The van der Waals surface area contributed by atoms with Gasteiger partial charge in [-0.15, -0.1) is 0 Å². The molecule has 132 valence electrons. The molecule has 1 fully saturated rings. The van der Waals surface area contributed by atoms with Crippen LogP contribution in [0.25, 0.3) is 11.1 Å². The minimum atomic E-state index is -0.369. The van der Waals surface area contributed by atoms with E-state index in [1.165, 1.54) is 0 Å². The molecule has 25 heavy (non-hydrogen) atoms. The minimum Gasteiger partial charge on any atom is -0.446 e. The van der Waals surface area contributed by atoms with Crippen molar-refractivity contribution in [3.63, 3.8) is 0 Å². The molecule has 4 heteroatoms. The Morgan fingerprint density at radius 3 is 2.36 bits per heavy atom. The zero-order chi connectivity index (χ0) is 17.6. The van der Waals surface area contributed by atoms with Gasteiger partial charge in [-0.05, 0) is 38.3 Å². The number of nitrogens with one attached hydrogen (secondary N) is 1. The van der Waals surface area contributed by atoms with E-state index in [2.05, 4.69) is 24.1 Å². The molecule has 4 nitrogen and oxygen atoms in total. The van der Waals surface area contributed by atoms with E-state index in [0.29, 0.717) is 6.04 Å². The molecule has 2 aromatic rings. The van der Waals surface area contributed by atoms with Crippen molar-refractivity contribution in [2.45, 2.75) is 38.8 Å². The fourth-order valence-corrected chi connectivity index (χ4v) is 3.26. The lowest BCUT2D eigenvalue weighted by Gasteiger charge is -2.34. The maximum absolute atomic E-state index is 12.3. The fourth-order valence-electron chi connectivity index (χ4n) is 3.26. The van der Waals surface area contributed by atoms with Crippen LogP contribution in [0.1, 0.15) is 26.7 Å². The highest BCUT2D eigenvalue weighted by Gasteiger charge is 2.23. The average Bonchev–Trinajstić information content (AvgIpc) is 2.63. The summed E-state index contributed by atoms with van der Waals surface area (Å²) in [5.74, 6) is 0. The van der Waals surface area contributed by atoms with Crippen LogP contribution in [-0.4, -0.2) is 36.2 Å². The van der Waals surface area contributed by atoms with Crippen LogP contribution < -0.4 is 5.32 Å². The number of likely N-dealkylation sites (tertiary alicyclic amines) is 1. The lowest BCUT2D eigenvalue weighted by atomic mass is 10.0. The molecule has 0 radical (unpaired) electrons. The van der Waals surface area contributed by atoms with Gasteiger partial charge in [-0.25, -0.2) is 4.79 Å². The zero-order valence-corrected chi connectivity index (χ0v) is 14.9. The Balaban J connectivity index is 1.61. The van der Waals surface area contributed by atoms with Crippen LogP contribution >= 0.6 is 0 Å². The Morgan fingerprint density at radius 2 is 1.68 bits per heavy atom. The van der Waals surface area contributed by atoms with E-state index >= 15 is 0 Å². The Kier molecular flexibility index (Phi) is 5.71. The Labute approximate surface area is 149 Å². The molecular weight excluding hydrogens is 312 g/mol. The second-order valence-corrected chi connectivity index (χ2v) is 6.77. The first-order valence-electron chi connectivity index (χ1n) is 8.99. The molecular formula is C21H26N2O2. The second kappa shape index (κ2) is 8.17. The van der Waals surface area contributed by atoms with Gasteiger partial charge in [-0.1, -0.05) is 48.5 Å². The molecule has 1 aliphatic rings. The number of nitrogens with zero attached hydrogens (tertiary/aromatic N) is 1. The van der Waals surface area contributed by atoms with E-state index in [4.69, 9.17) is 4.74 Å². The maximum atomic E-state index is 12.3. The Morgan fingerprint density at radius 1 is 1.04 bits per heavy atom. The van der Waals surface area contributed by atoms with Crippen molar-refractivity contribution in [1.29, 1.82) is 0 Å². The maximum Gasteiger partial charge on any atom is 0.411 e. The van der Waals surface area contributed by atoms with E-state index in [0.717, 1.165) is 42.7 Å². The van der Waals surface area contributed by atoms with E-state index in [1.807, 2.05) is 54.6 Å². The topological polar surface area (TPSA) is 41.6 Å². The standard InChI is InChI=1S/C21H26N2O2/c1-16(2)23-14-12-18(13-15-23)25-21(24)22-20-11-7-6-10-19(20)17-8-4-3-5-9-17/h3-11,16,18H,12-15H2,1-2H3,(H,22,24). The highest BCUT2D eigenvalue weighted by Crippen LogP contribution is 2.28. The van der Waals surface area contributed by atoms with Gasteiger partial charge >= 0.3 is 6.09 Å². The number of amides is 1. The van der Waals surface area contributed by atoms with E-state index in [1.54, 1.807) is 0 Å². The predicted molar refractivity (Wildman–Crippen MR) is 102 cm³/mol. The van der Waals surface area contributed by atoms with Gasteiger partial charge < -0.3 is 9.64 Å². The van der Waals surface area contributed by atoms with Crippen molar-refractivity contribution >= 4 is 11.8 Å². The van der Waals surface area contributed by atoms with Crippen molar-refractivity contribution in [3.8, 4) is 11.1 Å². The number of hydrogen-bond donors (Lipinski definition) is 1. The highest BCUT2D eigenvalue weighted by atomic mass is 16.6. The molecule has 1 saturated heterocycles. The largest absolute Gasteiger partial charge is 0.446 e. The Bertz CT molecular complexity index is 692. The third-order valence-corrected chi connectivity index (χ3v) is 4.73. The molecule has 0 bridgehead atoms. The van der Waals surface area contributed by atoms with Gasteiger partial charge in [0, 0.05) is 24.7 Å². The van der Waals surface area contributed by atoms with Crippen LogP contribution in [0.5, 0.6) is 0 Å². The molecule has 0 aromatic heterocycles. The van der Waals surface area contributed by atoms with E-state index < -0.39 is 0 Å². The first-order chi connectivity index (χ1) is 12.1. The second-order valence-electron chi connectivity index (χ2n) is 6.77. The number of hydrogen-bond acceptors (Lipinski definition) is 3. The molecule has 2 aromatic carbocycles. The summed E-state index contributed by atoms with van der Waals surface area (Å²) in [4.78, 5) is 14.8. The quantitative estimate of drug-likeness (QED) is 0.872. The number of para-hydroxylation sites is 1. The van der Waals surface area contributed by atoms with Crippen LogP contribution in [0.2, 0.25) is 0 Å². The zero-order valence-electron chi connectivity index (χ0n) is 14.9. The molecule has 1 N–H and O–H groups in total. The SMILES string of the molecule is CC(C)N1CCC(OC(=O)Nc2ccccc2-c2ccccc2)CC1. The number of carbonyl (C=O) groups excluding carboxylic acids is 1. The van der Waals surface area contributed by atoms with Gasteiger partial charge in [0.1, 0.15) is 6.10 Å². The normalized spacial score (nSPS) is 16.0. The van der Waals surface area contributed by atoms with Gasteiger partial charge in [0.05, 0.1) is 5.69 Å². The molecule has 3 rings (SSSR count). The number of carbonyl (C=O) groups is 1. The van der Waals surface area contributed by atoms with Gasteiger partial charge in [-0.2, -0.15) is 0 Å². The molecule has 1 aliphatic heterocycles. The molecule has 0 aliphatic carbocycles. The summed E-state index contributed by atoms with van der Waals surface area (Å²) >= 11 is 0. The van der Waals surface area contributed by atoms with Crippen molar-refractivity contribution in [2.24, 2.45) is 0 Å².